The van der Waals surface area contributed by atoms with Crippen LogP contribution in [0.5, 0.6) is 0 Å². The zero-order valence-electron chi connectivity index (χ0n) is 8.63. The average Bonchev–Trinajstić information content (AvgIpc) is 2.72. The summed E-state index contributed by atoms with van der Waals surface area (Å²) in [7, 11) is -3.34. The zero-order valence-corrected chi connectivity index (χ0v) is 9.44. The molecule has 0 aromatic carbocycles. The highest BCUT2D eigenvalue weighted by Crippen LogP contribution is 2.08. The highest BCUT2D eigenvalue weighted by molar-refractivity contribution is 7.92. The second kappa shape index (κ2) is 5.09. The molecule has 1 rings (SSSR count). The summed E-state index contributed by atoms with van der Waals surface area (Å²) in [5.41, 5.74) is 0. The van der Waals surface area contributed by atoms with Crippen molar-refractivity contribution >= 4 is 10.0 Å². The molecule has 0 bridgehead atoms. The van der Waals surface area contributed by atoms with E-state index < -0.39 is 10.0 Å². The molecule has 0 fully saturated rings. The van der Waals surface area contributed by atoms with E-state index in [1.807, 2.05) is 19.2 Å². The van der Waals surface area contributed by atoms with Gasteiger partial charge < -0.3 is 0 Å². The maximum Gasteiger partial charge on any atom is 0.233 e. The number of hydrogen-bond acceptors (Lipinski definition) is 3. The van der Waals surface area contributed by atoms with Gasteiger partial charge in [0.25, 0.3) is 0 Å². The van der Waals surface area contributed by atoms with E-state index >= 15 is 0 Å². The van der Waals surface area contributed by atoms with Crippen LogP contribution in [0, 0.1) is 0 Å². The normalized spacial score (nSPS) is 13.7. The van der Waals surface area contributed by atoms with Crippen LogP contribution in [-0.2, 0) is 10.0 Å². The van der Waals surface area contributed by atoms with Crippen LogP contribution in [0.4, 0.5) is 0 Å². The van der Waals surface area contributed by atoms with Gasteiger partial charge in [-0.15, -0.1) is 0 Å². The number of sulfonamides is 1. The molecule has 1 N–H and O–H groups in total. The second-order valence-corrected chi connectivity index (χ2v) is 4.82. The molecular formula is C9H15N3O2S. The minimum absolute atomic E-state index is 0.0368. The van der Waals surface area contributed by atoms with Gasteiger partial charge in [0.2, 0.25) is 10.0 Å². The lowest BCUT2D eigenvalue weighted by atomic mass is 10.2. The molecule has 1 unspecified atom stereocenters. The zero-order chi connectivity index (χ0) is 11.3. The van der Waals surface area contributed by atoms with Crippen LogP contribution in [0.2, 0.25) is 0 Å². The van der Waals surface area contributed by atoms with E-state index in [1.54, 1.807) is 10.9 Å². The Labute approximate surface area is 89.8 Å². The van der Waals surface area contributed by atoms with Gasteiger partial charge in [0.05, 0.1) is 6.04 Å². The smallest absolute Gasteiger partial charge is 0.233 e. The topological polar surface area (TPSA) is 64.0 Å². The molecule has 84 valence electrons. The van der Waals surface area contributed by atoms with Crippen LogP contribution in [0.1, 0.15) is 19.4 Å². The largest absolute Gasteiger partial charge is 0.268 e. The van der Waals surface area contributed by atoms with Crippen molar-refractivity contribution in [2.75, 3.05) is 6.54 Å². The Balaban J connectivity index is 2.60. The van der Waals surface area contributed by atoms with Crippen molar-refractivity contribution in [1.29, 1.82) is 0 Å². The second-order valence-electron chi connectivity index (χ2n) is 3.11. The first-order chi connectivity index (χ1) is 7.09. The van der Waals surface area contributed by atoms with E-state index in [0.29, 0.717) is 6.54 Å². The lowest BCUT2D eigenvalue weighted by molar-refractivity contribution is 0.435. The first-order valence-electron chi connectivity index (χ1n) is 4.70. The van der Waals surface area contributed by atoms with E-state index in [-0.39, 0.29) is 6.04 Å². The van der Waals surface area contributed by atoms with Crippen molar-refractivity contribution in [2.45, 2.75) is 19.4 Å². The molecule has 1 heterocycles. The number of rotatable bonds is 6. The van der Waals surface area contributed by atoms with Gasteiger partial charge in [-0.25, -0.2) is 13.1 Å². The molecule has 0 saturated carbocycles. The van der Waals surface area contributed by atoms with Crippen molar-refractivity contribution in [1.82, 2.24) is 14.5 Å². The van der Waals surface area contributed by atoms with E-state index in [9.17, 15) is 8.42 Å². The first kappa shape index (κ1) is 11.9. The molecule has 0 aliphatic carbocycles. The summed E-state index contributed by atoms with van der Waals surface area (Å²) in [5.74, 6) is 0. The van der Waals surface area contributed by atoms with Crippen molar-refractivity contribution in [3.05, 3.63) is 30.4 Å². The molecule has 15 heavy (non-hydrogen) atoms. The summed E-state index contributed by atoms with van der Waals surface area (Å²) in [5, 5.41) is 4.98. The van der Waals surface area contributed by atoms with E-state index in [4.69, 9.17) is 0 Å². The van der Waals surface area contributed by atoms with E-state index in [2.05, 4.69) is 16.4 Å². The van der Waals surface area contributed by atoms with Crippen LogP contribution in [0.25, 0.3) is 0 Å². The maximum absolute atomic E-state index is 11.1. The molecular weight excluding hydrogens is 214 g/mol. The molecule has 1 atom stereocenters. The molecule has 0 aliphatic rings. The Morgan fingerprint density at radius 3 is 2.87 bits per heavy atom. The highest BCUT2D eigenvalue weighted by atomic mass is 32.2. The maximum atomic E-state index is 11.1. The van der Waals surface area contributed by atoms with Gasteiger partial charge in [-0.3, -0.25) is 4.68 Å². The number of aromatic nitrogens is 2. The molecule has 0 radical (unpaired) electrons. The molecule has 0 spiro atoms. The standard InChI is InChI=1S/C9H15N3O2S/c1-3-9(12-7-5-6-10-12)8-11-15(13,14)4-2/h4-7,9,11H,2-3,8H2,1H3. The predicted octanol–water partition coefficient (Wildman–Crippen LogP) is 0.897. The van der Waals surface area contributed by atoms with Crippen LogP contribution >= 0.6 is 0 Å². The SMILES string of the molecule is C=CS(=O)(=O)NCC(CC)n1cccn1. The molecule has 0 saturated heterocycles. The Bertz CT molecular complexity index is 397. The van der Waals surface area contributed by atoms with E-state index in [0.717, 1.165) is 11.8 Å². The van der Waals surface area contributed by atoms with Gasteiger partial charge in [0, 0.05) is 24.3 Å². The summed E-state index contributed by atoms with van der Waals surface area (Å²) >= 11 is 0. The van der Waals surface area contributed by atoms with E-state index in [1.165, 1.54) is 0 Å². The number of hydrogen-bond donors (Lipinski definition) is 1. The third kappa shape index (κ3) is 3.49. The fourth-order valence-electron chi connectivity index (χ4n) is 1.19. The van der Waals surface area contributed by atoms with Crippen LogP contribution in [0.3, 0.4) is 0 Å². The number of nitrogens with one attached hydrogen (secondary N) is 1. The minimum atomic E-state index is -3.34. The Morgan fingerprint density at radius 1 is 1.67 bits per heavy atom. The Hall–Kier alpha value is -1.14. The molecule has 0 aliphatic heterocycles. The Kier molecular flexibility index (Phi) is 4.05. The van der Waals surface area contributed by atoms with Gasteiger partial charge in [-0.2, -0.15) is 5.10 Å². The quantitative estimate of drug-likeness (QED) is 0.788. The first-order valence-corrected chi connectivity index (χ1v) is 6.25. The van der Waals surface area contributed by atoms with Crippen molar-refractivity contribution < 1.29 is 8.42 Å². The predicted molar refractivity (Wildman–Crippen MR) is 58.7 cm³/mol. The monoisotopic (exact) mass is 229 g/mol. The molecule has 1 aromatic rings. The summed E-state index contributed by atoms with van der Waals surface area (Å²) < 4.78 is 26.4. The van der Waals surface area contributed by atoms with Gasteiger partial charge in [-0.05, 0) is 12.5 Å². The van der Waals surface area contributed by atoms with Gasteiger partial charge in [0.15, 0.2) is 0 Å². The number of nitrogens with zero attached hydrogens (tertiary/aromatic N) is 2. The van der Waals surface area contributed by atoms with Crippen molar-refractivity contribution in [3.63, 3.8) is 0 Å². The van der Waals surface area contributed by atoms with Gasteiger partial charge in [0.1, 0.15) is 0 Å². The minimum Gasteiger partial charge on any atom is -0.268 e. The highest BCUT2D eigenvalue weighted by Gasteiger charge is 2.11. The molecule has 1 aromatic heterocycles. The van der Waals surface area contributed by atoms with Crippen LogP contribution in [-0.4, -0.2) is 24.7 Å². The van der Waals surface area contributed by atoms with Crippen LogP contribution in [0.15, 0.2) is 30.4 Å². The summed E-state index contributed by atoms with van der Waals surface area (Å²) in [6.07, 6.45) is 4.29. The molecule has 6 heteroatoms. The van der Waals surface area contributed by atoms with Crippen molar-refractivity contribution in [2.24, 2.45) is 0 Å². The molecule has 5 nitrogen and oxygen atoms in total. The summed E-state index contributed by atoms with van der Waals surface area (Å²) in [6, 6.07) is 1.85. The summed E-state index contributed by atoms with van der Waals surface area (Å²) in [6.45, 7) is 5.53. The van der Waals surface area contributed by atoms with Crippen LogP contribution < -0.4 is 4.72 Å². The third-order valence-electron chi connectivity index (χ3n) is 2.11. The van der Waals surface area contributed by atoms with Crippen molar-refractivity contribution in [3.8, 4) is 0 Å². The molecule has 0 amide bonds. The lowest BCUT2D eigenvalue weighted by Crippen LogP contribution is -2.29. The third-order valence-corrected chi connectivity index (χ3v) is 3.12. The fraction of sp³-hybridized carbons (Fsp3) is 0.444. The fourth-order valence-corrected chi connectivity index (χ4v) is 1.74. The van der Waals surface area contributed by atoms with Gasteiger partial charge >= 0.3 is 0 Å². The average molecular weight is 229 g/mol. The lowest BCUT2D eigenvalue weighted by Gasteiger charge is -2.15. The van der Waals surface area contributed by atoms with Gasteiger partial charge in [-0.1, -0.05) is 13.5 Å². The Morgan fingerprint density at radius 2 is 2.40 bits per heavy atom. The summed E-state index contributed by atoms with van der Waals surface area (Å²) in [4.78, 5) is 0.